The lowest BCUT2D eigenvalue weighted by atomic mass is 9.71. The van der Waals surface area contributed by atoms with E-state index in [1.807, 2.05) is 6.07 Å². The summed E-state index contributed by atoms with van der Waals surface area (Å²) in [5, 5.41) is 19.5. The van der Waals surface area contributed by atoms with Crippen LogP contribution in [0.15, 0.2) is 127 Å². The van der Waals surface area contributed by atoms with Gasteiger partial charge in [-0.3, -0.25) is 0 Å². The van der Waals surface area contributed by atoms with Gasteiger partial charge in [-0.15, -0.1) is 52.7 Å². The molecule has 298 valence electrons. The Kier molecular flexibility index (Phi) is 13.2. The molecule has 0 aliphatic heterocycles. The van der Waals surface area contributed by atoms with Gasteiger partial charge in [0.15, 0.2) is 0 Å². The molecule has 0 bridgehead atoms. The van der Waals surface area contributed by atoms with E-state index < -0.39 is 59.8 Å². The van der Waals surface area contributed by atoms with Gasteiger partial charge in [0.2, 0.25) is 0 Å². The largest absolute Gasteiger partial charge is 0.573 e. The molecule has 5 aromatic rings. The highest BCUT2D eigenvalue weighted by Gasteiger charge is 2.38. The highest BCUT2D eigenvalue weighted by atomic mass is 19.4. The molecular formula is C39H24F12N2O4. The van der Waals surface area contributed by atoms with Gasteiger partial charge in [0.05, 0.1) is 18.1 Å². The van der Waals surface area contributed by atoms with E-state index in [4.69, 9.17) is 0 Å². The molecule has 0 fully saturated rings. The lowest BCUT2D eigenvalue weighted by Crippen LogP contribution is -2.29. The molecule has 0 aromatic heterocycles. The zero-order valence-corrected chi connectivity index (χ0v) is 28.5. The fraction of sp³-hybridized carbons (Fsp3) is 0.179. The average Bonchev–Trinajstić information content (AvgIpc) is 3.09. The fourth-order valence-electron chi connectivity index (χ4n) is 5.48. The topological polar surface area (TPSA) is 84.5 Å². The van der Waals surface area contributed by atoms with E-state index in [0.29, 0.717) is 5.56 Å². The number of hydrogen-bond acceptors (Lipinski definition) is 6. The van der Waals surface area contributed by atoms with Gasteiger partial charge < -0.3 is 18.9 Å². The molecule has 0 heterocycles. The van der Waals surface area contributed by atoms with Crippen molar-refractivity contribution >= 4 is 0 Å². The van der Waals surface area contributed by atoms with E-state index >= 15 is 0 Å². The van der Waals surface area contributed by atoms with E-state index in [0.717, 1.165) is 48.5 Å². The Morgan fingerprint density at radius 3 is 1.12 bits per heavy atom. The first kappa shape index (κ1) is 43.2. The molecule has 5 rings (SSSR count). The predicted molar refractivity (Wildman–Crippen MR) is 176 cm³/mol. The molecule has 0 amide bonds. The van der Waals surface area contributed by atoms with Crippen molar-refractivity contribution in [1.82, 2.24) is 0 Å². The summed E-state index contributed by atoms with van der Waals surface area (Å²) in [7, 11) is 0. The van der Waals surface area contributed by atoms with E-state index in [1.165, 1.54) is 48.5 Å². The third-order valence-corrected chi connectivity index (χ3v) is 7.60. The molecule has 0 aliphatic carbocycles. The monoisotopic (exact) mass is 812 g/mol. The summed E-state index contributed by atoms with van der Waals surface area (Å²) >= 11 is 0. The van der Waals surface area contributed by atoms with Gasteiger partial charge in [-0.2, -0.15) is 10.5 Å². The summed E-state index contributed by atoms with van der Waals surface area (Å²) < 4.78 is 166. The highest BCUT2D eigenvalue weighted by Crippen LogP contribution is 2.40. The second kappa shape index (κ2) is 17.5. The summed E-state index contributed by atoms with van der Waals surface area (Å²) in [4.78, 5) is 0. The molecular weight excluding hydrogens is 788 g/mol. The van der Waals surface area contributed by atoms with Gasteiger partial charge in [0.25, 0.3) is 0 Å². The van der Waals surface area contributed by atoms with Gasteiger partial charge in [0.1, 0.15) is 28.4 Å². The smallest absolute Gasteiger partial charge is 0.406 e. The minimum atomic E-state index is -4.95. The molecule has 0 N–H and O–H groups in total. The second-order valence-electron chi connectivity index (χ2n) is 11.6. The minimum absolute atomic E-state index is 0.0186. The normalized spacial score (nSPS) is 12.1. The molecule has 18 heteroatoms. The Morgan fingerprint density at radius 2 is 0.789 bits per heavy atom. The number of rotatable bonds is 10. The quantitative estimate of drug-likeness (QED) is 0.131. The fourth-order valence-corrected chi connectivity index (χ4v) is 5.48. The average molecular weight is 813 g/mol. The Labute approximate surface area is 315 Å². The lowest BCUT2D eigenvalue weighted by Gasteiger charge is -2.29. The minimum Gasteiger partial charge on any atom is -0.406 e. The van der Waals surface area contributed by atoms with Crippen LogP contribution in [0.3, 0.4) is 0 Å². The maximum absolute atomic E-state index is 12.7. The van der Waals surface area contributed by atoms with Crippen molar-refractivity contribution in [2.45, 2.75) is 43.2 Å². The van der Waals surface area contributed by atoms with Gasteiger partial charge in [-0.25, -0.2) is 0 Å². The molecule has 57 heavy (non-hydrogen) atoms. The Morgan fingerprint density at radius 1 is 0.439 bits per heavy atom. The van der Waals surface area contributed by atoms with Crippen LogP contribution in [-0.4, -0.2) is 25.4 Å². The second-order valence-corrected chi connectivity index (χ2v) is 11.6. The van der Waals surface area contributed by atoms with Crippen LogP contribution < -0.4 is 18.9 Å². The number of alkyl halides is 12. The lowest BCUT2D eigenvalue weighted by molar-refractivity contribution is -0.275. The highest BCUT2D eigenvalue weighted by molar-refractivity contribution is 5.52. The Bertz CT molecular complexity index is 2070. The maximum Gasteiger partial charge on any atom is 0.573 e. The first-order chi connectivity index (χ1) is 26.6. The molecule has 0 saturated carbocycles. The van der Waals surface area contributed by atoms with Crippen LogP contribution in [0.25, 0.3) is 0 Å². The van der Waals surface area contributed by atoms with Crippen LogP contribution in [0, 0.1) is 22.7 Å². The van der Waals surface area contributed by atoms with E-state index in [2.05, 4.69) is 25.0 Å². The van der Waals surface area contributed by atoms with Gasteiger partial charge in [0, 0.05) is 0 Å². The summed E-state index contributed by atoms with van der Waals surface area (Å²) in [6, 6.07) is 31.5. The van der Waals surface area contributed by atoms with Crippen LogP contribution >= 0.6 is 0 Å². The van der Waals surface area contributed by atoms with Crippen LogP contribution in [0.1, 0.15) is 33.7 Å². The van der Waals surface area contributed by atoms with Crippen molar-refractivity contribution in [3.63, 3.8) is 0 Å². The molecule has 0 atom stereocenters. The number of nitriles is 2. The van der Waals surface area contributed by atoms with Gasteiger partial charge in [-0.05, 0) is 82.8 Å². The number of hydrogen-bond donors (Lipinski definition) is 0. The van der Waals surface area contributed by atoms with Gasteiger partial charge >= 0.3 is 25.4 Å². The van der Waals surface area contributed by atoms with E-state index in [9.17, 15) is 63.2 Å². The zero-order valence-electron chi connectivity index (χ0n) is 28.5. The standard InChI is InChI=1S/C23H15F6NO2.C16H9F6NO2/c24-22(25,26)31-19-10-4-8-17(12-19)21(15-30,14-16-6-2-1-3-7-16)18-9-5-11-20(13-18)32-23(27,28)29;17-15(18,19)24-12-5-1-3-10(7-12)14(9-23)11-4-2-6-13(8-11)25-16(20,21)22/h1-13H,14H2;1-8,14H. The molecule has 0 unspecified atom stereocenters. The van der Waals surface area contributed by atoms with E-state index in [-0.39, 0.29) is 28.7 Å². The van der Waals surface area contributed by atoms with Crippen molar-refractivity contribution < 1.29 is 71.6 Å². The molecule has 6 nitrogen and oxygen atoms in total. The van der Waals surface area contributed by atoms with Crippen LogP contribution in [-0.2, 0) is 11.8 Å². The number of nitrogens with zero attached hydrogens (tertiary/aromatic N) is 2. The SMILES string of the molecule is N#CC(Cc1ccccc1)(c1cccc(OC(F)(F)F)c1)c1cccc(OC(F)(F)F)c1.N#CC(c1cccc(OC(F)(F)F)c1)c1cccc(OC(F)(F)F)c1. The van der Waals surface area contributed by atoms with Crippen molar-refractivity contribution in [2.75, 3.05) is 0 Å². The molecule has 0 spiro atoms. The number of ether oxygens (including phenoxy) is 4. The summed E-state index contributed by atoms with van der Waals surface area (Å²) in [5.74, 6) is -3.27. The summed E-state index contributed by atoms with van der Waals surface area (Å²) in [6.45, 7) is 0. The van der Waals surface area contributed by atoms with Crippen LogP contribution in [0.2, 0.25) is 0 Å². The summed E-state index contributed by atoms with van der Waals surface area (Å²) in [6.07, 6.45) is -19.7. The van der Waals surface area contributed by atoms with Crippen LogP contribution in [0.4, 0.5) is 52.7 Å². The Balaban J connectivity index is 0.000000261. The summed E-state index contributed by atoms with van der Waals surface area (Å²) in [5.41, 5.74) is -0.471. The maximum atomic E-state index is 12.7. The molecule has 5 aromatic carbocycles. The zero-order chi connectivity index (χ0) is 42.1. The first-order valence-corrected chi connectivity index (χ1v) is 15.9. The van der Waals surface area contributed by atoms with Crippen molar-refractivity contribution in [1.29, 1.82) is 10.5 Å². The van der Waals surface area contributed by atoms with Crippen molar-refractivity contribution in [2.24, 2.45) is 0 Å². The third-order valence-electron chi connectivity index (χ3n) is 7.60. The number of halogens is 12. The first-order valence-electron chi connectivity index (χ1n) is 15.9. The van der Waals surface area contributed by atoms with E-state index in [1.54, 1.807) is 30.3 Å². The van der Waals surface area contributed by atoms with Crippen molar-refractivity contribution in [3.8, 4) is 35.1 Å². The van der Waals surface area contributed by atoms with Gasteiger partial charge in [-0.1, -0.05) is 78.9 Å². The van der Waals surface area contributed by atoms with Crippen molar-refractivity contribution in [3.05, 3.63) is 155 Å². The van der Waals surface area contributed by atoms with Crippen LogP contribution in [0.5, 0.6) is 23.0 Å². The molecule has 0 saturated heterocycles. The number of benzene rings is 5. The molecule has 0 radical (unpaired) electrons. The predicted octanol–water partition coefficient (Wildman–Crippen LogP) is 11.7. The molecule has 0 aliphatic rings. The third kappa shape index (κ3) is 13.3. The Hall–Kier alpha value is -6.56.